The Morgan fingerprint density at radius 1 is 1.04 bits per heavy atom. The van der Waals surface area contributed by atoms with Crippen molar-refractivity contribution in [2.75, 3.05) is 17.8 Å². The first kappa shape index (κ1) is 34.1. The summed E-state index contributed by atoms with van der Waals surface area (Å²) in [6, 6.07) is 18.6. The number of allylic oxidation sites excluding steroid dienone is 1. The number of aromatic nitrogens is 4. The predicted molar refractivity (Wildman–Crippen MR) is 165 cm³/mol. The van der Waals surface area contributed by atoms with Crippen molar-refractivity contribution in [1.82, 2.24) is 19.5 Å². The van der Waals surface area contributed by atoms with E-state index in [0.717, 1.165) is 16.5 Å². The van der Waals surface area contributed by atoms with Crippen LogP contribution in [0.3, 0.4) is 0 Å². The lowest BCUT2D eigenvalue weighted by atomic mass is 10.0. The summed E-state index contributed by atoms with van der Waals surface area (Å²) in [6.07, 6.45) is -3.81. The van der Waals surface area contributed by atoms with E-state index in [9.17, 15) is 24.2 Å². The number of aliphatic hydroxyl groups is 2. The molecule has 2 aromatic heterocycles. The highest BCUT2D eigenvalue weighted by Gasteiger charge is 2.35. The average Bonchev–Trinajstić information content (AvgIpc) is 3.44. The molecule has 0 aliphatic carbocycles. The Bertz CT molecular complexity index is 1790. The fourth-order valence-electron chi connectivity index (χ4n) is 4.22. The summed E-state index contributed by atoms with van der Waals surface area (Å²) in [7, 11) is -9.69. The maximum absolute atomic E-state index is 15.7. The van der Waals surface area contributed by atoms with E-state index in [1.165, 1.54) is 6.08 Å². The van der Waals surface area contributed by atoms with Crippen molar-refractivity contribution in [3.63, 3.8) is 0 Å². The van der Waals surface area contributed by atoms with Crippen LogP contribution in [0.25, 0.3) is 11.2 Å². The van der Waals surface area contributed by atoms with Gasteiger partial charge in [0.1, 0.15) is 6.10 Å². The molecule has 45 heavy (non-hydrogen) atoms. The molecular weight excluding hydrogens is 627 g/mol. The Labute approximate surface area is 258 Å². The minimum Gasteiger partial charge on any atom is -0.385 e. The van der Waals surface area contributed by atoms with Crippen molar-refractivity contribution in [2.24, 2.45) is 0 Å². The van der Waals surface area contributed by atoms with E-state index in [1.54, 1.807) is 19.1 Å². The largest absolute Gasteiger partial charge is 0.385 e. The zero-order chi connectivity index (χ0) is 32.6. The number of hydrogen-bond donors (Lipinski definition) is 6. The summed E-state index contributed by atoms with van der Waals surface area (Å²) in [6.45, 7) is 1.18. The lowest BCUT2D eigenvalue weighted by Gasteiger charge is -2.25. The molecule has 16 heteroatoms. The van der Waals surface area contributed by atoms with Gasteiger partial charge in [0.15, 0.2) is 35.3 Å². The second kappa shape index (κ2) is 15.0. The molecule has 13 nitrogen and oxygen atoms in total. The summed E-state index contributed by atoms with van der Waals surface area (Å²) in [5.74, 6) is 4.70. The Morgan fingerprint density at radius 3 is 2.36 bits per heavy atom. The zero-order valence-electron chi connectivity index (χ0n) is 24.0. The van der Waals surface area contributed by atoms with Gasteiger partial charge in [-0.2, -0.15) is 0 Å². The molecule has 2 heterocycles. The first-order valence-electron chi connectivity index (χ1n) is 13.7. The molecule has 0 spiro atoms. The van der Waals surface area contributed by atoms with Crippen molar-refractivity contribution in [3.8, 4) is 11.8 Å². The van der Waals surface area contributed by atoms with E-state index in [2.05, 4.69) is 32.1 Å². The Hall–Kier alpha value is -3.76. The first-order valence-corrected chi connectivity index (χ1v) is 17.2. The fourth-order valence-corrected chi connectivity index (χ4v) is 6.76. The Balaban J connectivity index is 1.64. The van der Waals surface area contributed by atoms with Gasteiger partial charge in [-0.05, 0) is 35.6 Å². The molecule has 4 rings (SSSR count). The van der Waals surface area contributed by atoms with Crippen LogP contribution in [0.2, 0.25) is 0 Å². The monoisotopic (exact) mass is 659 g/mol. The molecule has 0 amide bonds. The van der Waals surface area contributed by atoms with Gasteiger partial charge < -0.3 is 34.7 Å². The van der Waals surface area contributed by atoms with Crippen molar-refractivity contribution in [1.29, 1.82) is 0 Å². The smallest absolute Gasteiger partial charge is 0.340 e. The second-order valence-electron chi connectivity index (χ2n) is 9.88. The summed E-state index contributed by atoms with van der Waals surface area (Å²) in [4.78, 5) is 41.0. The SMILES string of the molecule is CC/C=C(/COP(=O)(O)CP(=O)(O)O)[C@@H](O)[C@H](F)[C@@H](O)n1cnc2c(NCc3ccccc3)nc(C#Cc3ccccc3)nc21. The number of nitrogens with zero attached hydrogens (tertiary/aromatic N) is 4. The molecule has 6 N–H and O–H groups in total. The van der Waals surface area contributed by atoms with Gasteiger partial charge in [0.05, 0.1) is 12.9 Å². The summed E-state index contributed by atoms with van der Waals surface area (Å²) < 4.78 is 44.7. The molecule has 0 saturated heterocycles. The van der Waals surface area contributed by atoms with Crippen LogP contribution < -0.4 is 5.32 Å². The minimum atomic E-state index is -4.90. The quantitative estimate of drug-likeness (QED) is 0.0692. The van der Waals surface area contributed by atoms with Gasteiger partial charge >= 0.3 is 15.2 Å². The number of imidazole rings is 1. The van der Waals surface area contributed by atoms with Gasteiger partial charge in [0.25, 0.3) is 0 Å². The number of anilines is 1. The average molecular weight is 660 g/mol. The highest BCUT2D eigenvalue weighted by molar-refractivity contribution is 7.70. The van der Waals surface area contributed by atoms with Crippen LogP contribution in [0.1, 0.15) is 36.5 Å². The van der Waals surface area contributed by atoms with Gasteiger partial charge in [-0.25, -0.2) is 19.3 Å². The van der Waals surface area contributed by atoms with E-state index in [4.69, 9.17) is 14.3 Å². The zero-order valence-corrected chi connectivity index (χ0v) is 25.8. The molecule has 2 aromatic carbocycles. The number of alkyl halides is 1. The van der Waals surface area contributed by atoms with E-state index >= 15 is 4.39 Å². The molecule has 0 fully saturated rings. The van der Waals surface area contributed by atoms with Crippen LogP contribution >= 0.6 is 15.2 Å². The summed E-state index contributed by atoms with van der Waals surface area (Å²) in [5.41, 5.74) is 1.63. The molecule has 0 aliphatic heterocycles. The molecule has 4 atom stereocenters. The topological polar surface area (TPSA) is 200 Å². The third kappa shape index (κ3) is 9.61. The Kier molecular flexibility index (Phi) is 11.4. The number of benzene rings is 2. The number of hydrogen-bond acceptors (Lipinski definition) is 9. The van der Waals surface area contributed by atoms with E-state index < -0.39 is 46.2 Å². The fraction of sp³-hybridized carbons (Fsp3) is 0.276. The molecule has 4 aromatic rings. The number of nitrogens with one attached hydrogen (secondary N) is 1. The molecule has 238 valence electrons. The number of rotatable bonds is 13. The third-order valence-electron chi connectivity index (χ3n) is 6.33. The van der Waals surface area contributed by atoms with Gasteiger partial charge in [-0.3, -0.25) is 13.7 Å². The summed E-state index contributed by atoms with van der Waals surface area (Å²) >= 11 is 0. The Morgan fingerprint density at radius 2 is 1.71 bits per heavy atom. The molecular formula is C29H32FN5O8P2. The maximum atomic E-state index is 15.7. The van der Waals surface area contributed by atoms with E-state index in [1.807, 2.05) is 48.5 Å². The summed E-state index contributed by atoms with van der Waals surface area (Å²) in [5, 5.41) is 25.0. The van der Waals surface area contributed by atoms with Crippen LogP contribution in [0.5, 0.6) is 0 Å². The van der Waals surface area contributed by atoms with Gasteiger partial charge in [0, 0.05) is 12.1 Å². The van der Waals surface area contributed by atoms with Crippen LogP contribution in [-0.2, 0) is 20.2 Å². The van der Waals surface area contributed by atoms with Gasteiger partial charge in [-0.1, -0.05) is 67.5 Å². The van der Waals surface area contributed by atoms with Crippen LogP contribution in [-0.4, -0.2) is 69.2 Å². The molecule has 0 radical (unpaired) electrons. The maximum Gasteiger partial charge on any atom is 0.340 e. The lowest BCUT2D eigenvalue weighted by Crippen LogP contribution is -2.34. The number of halogens is 1. The highest BCUT2D eigenvalue weighted by atomic mass is 31.2. The standard InChI is InChI=1S/C29H32FN5O8P2/c1-2-9-22(17-43-45(41,42)19-44(38,39)40)26(36)24(30)29(37)35-18-32-25-27(31-16-21-12-7-4-8-13-21)33-23(34-28(25)35)15-14-20-10-5-3-6-11-20/h3-13,18,24,26,29,36-37H,2,16-17,19H2,1H3,(H,41,42)(H,31,33,34)(H2,38,39,40)/b22-9-/t24-,26+,29+/m0/s1. The molecule has 0 aliphatic rings. The van der Waals surface area contributed by atoms with Gasteiger partial charge in [0.2, 0.25) is 5.82 Å². The van der Waals surface area contributed by atoms with Crippen molar-refractivity contribution < 1.29 is 42.9 Å². The van der Waals surface area contributed by atoms with Crippen molar-refractivity contribution >= 4 is 32.2 Å². The van der Waals surface area contributed by atoms with Crippen LogP contribution in [0.4, 0.5) is 10.2 Å². The molecule has 0 saturated carbocycles. The number of aliphatic hydroxyl groups excluding tert-OH is 2. The molecule has 0 bridgehead atoms. The first-order chi connectivity index (χ1) is 21.4. The van der Waals surface area contributed by atoms with E-state index in [0.29, 0.717) is 12.1 Å². The second-order valence-corrected chi connectivity index (χ2v) is 13.9. The predicted octanol–water partition coefficient (Wildman–Crippen LogP) is 3.70. The van der Waals surface area contributed by atoms with Crippen LogP contribution in [0.15, 0.2) is 78.6 Å². The lowest BCUT2D eigenvalue weighted by molar-refractivity contribution is -0.0352. The van der Waals surface area contributed by atoms with Crippen molar-refractivity contribution in [2.45, 2.75) is 38.4 Å². The third-order valence-corrected chi connectivity index (χ3v) is 9.77. The normalized spacial score (nSPS) is 15.5. The number of fused-ring (bicyclic) bond motifs is 1. The van der Waals surface area contributed by atoms with E-state index in [-0.39, 0.29) is 34.8 Å². The molecule has 1 unspecified atom stereocenters. The van der Waals surface area contributed by atoms with Crippen LogP contribution in [0, 0.1) is 11.8 Å². The van der Waals surface area contributed by atoms with Gasteiger partial charge in [-0.15, -0.1) is 0 Å². The minimum absolute atomic E-state index is 0.0130. The van der Waals surface area contributed by atoms with Crippen molar-refractivity contribution in [3.05, 3.63) is 95.6 Å². The highest BCUT2D eigenvalue weighted by Crippen LogP contribution is 2.55.